The highest BCUT2D eigenvalue weighted by atomic mass is 16.3. The number of carbonyl (C=O) groups is 1. The summed E-state index contributed by atoms with van der Waals surface area (Å²) in [5.41, 5.74) is 6.48. The number of rotatable bonds is 6. The summed E-state index contributed by atoms with van der Waals surface area (Å²) >= 11 is 0. The highest BCUT2D eigenvalue weighted by Crippen LogP contribution is 2.20. The van der Waals surface area contributed by atoms with E-state index in [0.29, 0.717) is 13.0 Å². The first-order valence-corrected chi connectivity index (χ1v) is 7.48. The Morgan fingerprint density at radius 2 is 2.17 bits per heavy atom. The van der Waals surface area contributed by atoms with E-state index in [0.717, 1.165) is 10.9 Å². The molecule has 0 unspecified atom stereocenters. The highest BCUT2D eigenvalue weighted by molar-refractivity contribution is 5.90. The Bertz CT molecular complexity index is 821. The van der Waals surface area contributed by atoms with Gasteiger partial charge in [-0.25, -0.2) is 4.98 Å². The molecule has 23 heavy (non-hydrogen) atoms. The zero-order valence-corrected chi connectivity index (χ0v) is 12.8. The van der Waals surface area contributed by atoms with Crippen LogP contribution >= 0.6 is 0 Å². The third-order valence-corrected chi connectivity index (χ3v) is 3.98. The zero-order valence-electron chi connectivity index (χ0n) is 12.8. The lowest BCUT2D eigenvalue weighted by molar-refractivity contribution is 0.0994. The van der Waals surface area contributed by atoms with Crippen LogP contribution in [0.5, 0.6) is 0 Å². The van der Waals surface area contributed by atoms with E-state index in [-0.39, 0.29) is 11.7 Å². The molecule has 0 saturated heterocycles. The van der Waals surface area contributed by atoms with E-state index in [1.54, 1.807) is 17.7 Å². The van der Waals surface area contributed by atoms with Crippen molar-refractivity contribution in [3.63, 3.8) is 0 Å². The Labute approximate surface area is 133 Å². The smallest absolute Gasteiger partial charge is 0.268 e. The van der Waals surface area contributed by atoms with Gasteiger partial charge in [-0.2, -0.15) is 5.10 Å². The second-order valence-electron chi connectivity index (χ2n) is 5.59. The van der Waals surface area contributed by atoms with Gasteiger partial charge in [-0.05, 0) is 19.4 Å². The number of amides is 1. The largest absolute Gasteiger partial charge is 0.391 e. The lowest BCUT2D eigenvalue weighted by atomic mass is 10.1. The summed E-state index contributed by atoms with van der Waals surface area (Å²) in [5, 5.41) is 15.5. The number of nitrogens with zero attached hydrogens (tertiary/aromatic N) is 4. The average molecular weight is 313 g/mol. The number of aliphatic hydroxyl groups excluding tert-OH is 1. The molecule has 0 spiro atoms. The lowest BCUT2D eigenvalue weighted by Crippen LogP contribution is -2.22. The van der Waals surface area contributed by atoms with Crippen LogP contribution < -0.4 is 5.73 Å². The molecule has 0 bridgehead atoms. The van der Waals surface area contributed by atoms with Gasteiger partial charge in [0.25, 0.3) is 5.91 Å². The molecule has 0 aliphatic heterocycles. The van der Waals surface area contributed by atoms with Gasteiger partial charge in [0.05, 0.1) is 30.2 Å². The Kier molecular flexibility index (Phi) is 4.12. The fourth-order valence-electron chi connectivity index (χ4n) is 2.74. The van der Waals surface area contributed by atoms with Gasteiger partial charge >= 0.3 is 0 Å². The molecular formula is C16H19N5O2. The van der Waals surface area contributed by atoms with Crippen LogP contribution in [-0.2, 0) is 6.54 Å². The van der Waals surface area contributed by atoms with Crippen LogP contribution in [0.25, 0.3) is 10.9 Å². The average Bonchev–Trinajstić information content (AvgIpc) is 3.15. The van der Waals surface area contributed by atoms with E-state index in [9.17, 15) is 9.90 Å². The van der Waals surface area contributed by atoms with E-state index in [1.165, 1.54) is 6.33 Å². The number of aromatic nitrogens is 4. The van der Waals surface area contributed by atoms with Crippen LogP contribution in [0.1, 0.15) is 29.9 Å². The van der Waals surface area contributed by atoms with Gasteiger partial charge in [-0.1, -0.05) is 18.2 Å². The molecule has 0 saturated carbocycles. The molecule has 3 aromatic rings. The predicted octanol–water partition coefficient (Wildman–Crippen LogP) is 1.34. The first-order chi connectivity index (χ1) is 11.1. The normalized spacial score (nSPS) is 14.0. The van der Waals surface area contributed by atoms with Crippen molar-refractivity contribution in [1.82, 2.24) is 19.3 Å². The second kappa shape index (κ2) is 6.21. The molecule has 0 aliphatic carbocycles. The maximum Gasteiger partial charge on any atom is 0.268 e. The molecule has 120 valence electrons. The standard InChI is InChI=1S/C16H19N5O2/c1-11(22)14(20-9-13(16(17)23)18-10-20)6-7-21-15-5-3-2-4-12(15)8-19-21/h2-5,8-11,14,22H,6-7H2,1H3,(H2,17,23)/t11-,14+/m0/s1. The Balaban J connectivity index is 1.78. The molecule has 2 atom stereocenters. The van der Waals surface area contributed by atoms with Crippen molar-refractivity contribution in [3.05, 3.63) is 48.7 Å². The van der Waals surface area contributed by atoms with Crippen molar-refractivity contribution in [2.24, 2.45) is 5.73 Å². The first kappa shape index (κ1) is 15.2. The SMILES string of the molecule is C[C@H](O)[C@@H](CCn1ncc2ccccc21)n1cnc(C(N)=O)c1. The summed E-state index contributed by atoms with van der Waals surface area (Å²) in [4.78, 5) is 15.1. The van der Waals surface area contributed by atoms with Crippen molar-refractivity contribution < 1.29 is 9.90 Å². The number of aliphatic hydroxyl groups is 1. The summed E-state index contributed by atoms with van der Waals surface area (Å²) in [6.45, 7) is 2.36. The molecule has 0 fully saturated rings. The van der Waals surface area contributed by atoms with Crippen LogP contribution in [0.3, 0.4) is 0 Å². The number of para-hydroxylation sites is 1. The monoisotopic (exact) mass is 313 g/mol. The minimum Gasteiger partial charge on any atom is -0.391 e. The predicted molar refractivity (Wildman–Crippen MR) is 85.8 cm³/mol. The van der Waals surface area contributed by atoms with Gasteiger partial charge in [0.1, 0.15) is 5.69 Å². The van der Waals surface area contributed by atoms with Crippen molar-refractivity contribution in [2.45, 2.75) is 32.0 Å². The first-order valence-electron chi connectivity index (χ1n) is 7.48. The number of primary amides is 1. The van der Waals surface area contributed by atoms with Gasteiger partial charge in [0.15, 0.2) is 0 Å². The molecular weight excluding hydrogens is 294 g/mol. The van der Waals surface area contributed by atoms with Crippen LogP contribution in [0.2, 0.25) is 0 Å². The highest BCUT2D eigenvalue weighted by Gasteiger charge is 2.19. The van der Waals surface area contributed by atoms with E-state index in [4.69, 9.17) is 5.73 Å². The van der Waals surface area contributed by atoms with Crippen molar-refractivity contribution in [1.29, 1.82) is 0 Å². The molecule has 7 heteroatoms. The van der Waals surface area contributed by atoms with Gasteiger partial charge < -0.3 is 15.4 Å². The number of fused-ring (bicyclic) bond motifs is 1. The Hall–Kier alpha value is -2.67. The van der Waals surface area contributed by atoms with E-state index in [2.05, 4.69) is 10.1 Å². The number of benzene rings is 1. The minimum atomic E-state index is -0.591. The van der Waals surface area contributed by atoms with Crippen LogP contribution in [-0.4, -0.2) is 36.4 Å². The number of hydrogen-bond donors (Lipinski definition) is 2. The van der Waals surface area contributed by atoms with Crippen LogP contribution in [0.4, 0.5) is 0 Å². The van der Waals surface area contributed by atoms with E-state index in [1.807, 2.05) is 35.1 Å². The molecule has 7 nitrogen and oxygen atoms in total. The van der Waals surface area contributed by atoms with Gasteiger partial charge in [-0.3, -0.25) is 9.48 Å². The quantitative estimate of drug-likeness (QED) is 0.717. The molecule has 3 rings (SSSR count). The molecule has 2 heterocycles. The number of carbonyl (C=O) groups excluding carboxylic acids is 1. The summed E-state index contributed by atoms with van der Waals surface area (Å²) in [6, 6.07) is 7.77. The molecule has 1 amide bonds. The molecule has 0 aliphatic rings. The number of hydrogen-bond acceptors (Lipinski definition) is 4. The van der Waals surface area contributed by atoms with Gasteiger partial charge in [0, 0.05) is 18.1 Å². The number of imidazole rings is 1. The summed E-state index contributed by atoms with van der Waals surface area (Å²) in [6.07, 6.45) is 4.99. The zero-order chi connectivity index (χ0) is 16.4. The van der Waals surface area contributed by atoms with Crippen molar-refractivity contribution in [3.8, 4) is 0 Å². The van der Waals surface area contributed by atoms with Crippen LogP contribution in [0.15, 0.2) is 43.0 Å². The fourth-order valence-corrected chi connectivity index (χ4v) is 2.74. The number of aryl methyl sites for hydroxylation is 1. The van der Waals surface area contributed by atoms with Crippen molar-refractivity contribution in [2.75, 3.05) is 0 Å². The van der Waals surface area contributed by atoms with Crippen LogP contribution in [0, 0.1) is 0 Å². The maximum atomic E-state index is 11.2. The molecule has 1 aromatic carbocycles. The van der Waals surface area contributed by atoms with Gasteiger partial charge in [0.2, 0.25) is 0 Å². The third-order valence-electron chi connectivity index (χ3n) is 3.98. The second-order valence-corrected chi connectivity index (χ2v) is 5.59. The van der Waals surface area contributed by atoms with E-state index >= 15 is 0 Å². The number of nitrogens with two attached hydrogens (primary N) is 1. The lowest BCUT2D eigenvalue weighted by Gasteiger charge is -2.21. The minimum absolute atomic E-state index is 0.195. The third kappa shape index (κ3) is 3.09. The Morgan fingerprint density at radius 3 is 2.87 bits per heavy atom. The maximum absolute atomic E-state index is 11.2. The molecule has 0 radical (unpaired) electrons. The summed E-state index contributed by atoms with van der Waals surface area (Å²) in [5.74, 6) is -0.578. The van der Waals surface area contributed by atoms with Gasteiger partial charge in [-0.15, -0.1) is 0 Å². The van der Waals surface area contributed by atoms with Crippen molar-refractivity contribution >= 4 is 16.8 Å². The molecule has 2 aromatic heterocycles. The molecule has 3 N–H and O–H groups in total. The van der Waals surface area contributed by atoms with E-state index < -0.39 is 12.0 Å². The topological polar surface area (TPSA) is 99.0 Å². The fraction of sp³-hybridized carbons (Fsp3) is 0.312. The Morgan fingerprint density at radius 1 is 1.39 bits per heavy atom. The summed E-state index contributed by atoms with van der Waals surface area (Å²) in [7, 11) is 0. The summed E-state index contributed by atoms with van der Waals surface area (Å²) < 4.78 is 3.65.